The Morgan fingerprint density at radius 2 is 2.25 bits per heavy atom. The van der Waals surface area contributed by atoms with Gasteiger partial charge in [-0.3, -0.25) is 0 Å². The number of fused-ring (bicyclic) bond motifs is 1. The molecule has 0 spiro atoms. The fourth-order valence-corrected chi connectivity index (χ4v) is 2.00. The van der Waals surface area contributed by atoms with Gasteiger partial charge in [0.15, 0.2) is 0 Å². The molecule has 0 atom stereocenters. The molecule has 1 aromatic heterocycles. The Hall–Kier alpha value is -1.16. The second-order valence-corrected chi connectivity index (χ2v) is 4.71. The van der Waals surface area contributed by atoms with Crippen LogP contribution >= 0.6 is 11.6 Å². The molecule has 0 N–H and O–H groups in total. The Morgan fingerprint density at radius 3 is 3.00 bits per heavy atom. The molecule has 1 aromatic carbocycles. The number of hydrogen-bond acceptors (Lipinski definition) is 2. The second kappa shape index (κ2) is 3.70. The van der Waals surface area contributed by atoms with Crippen LogP contribution in [0.15, 0.2) is 12.1 Å². The summed E-state index contributed by atoms with van der Waals surface area (Å²) in [4.78, 5) is 0. The highest BCUT2D eigenvalue weighted by molar-refractivity contribution is 6.31. The molecular formula is C11H11ClFN3. The summed E-state index contributed by atoms with van der Waals surface area (Å²) in [6.07, 6.45) is 3.72. The van der Waals surface area contributed by atoms with Crippen molar-refractivity contribution in [3.8, 4) is 0 Å². The Morgan fingerprint density at radius 1 is 1.44 bits per heavy atom. The summed E-state index contributed by atoms with van der Waals surface area (Å²) in [5.74, 6) is 0.417. The maximum absolute atomic E-state index is 13.3. The highest BCUT2D eigenvalue weighted by Crippen LogP contribution is 2.33. The molecular weight excluding hydrogens is 229 g/mol. The van der Waals surface area contributed by atoms with E-state index in [0.29, 0.717) is 5.52 Å². The van der Waals surface area contributed by atoms with E-state index >= 15 is 0 Å². The predicted molar refractivity (Wildman–Crippen MR) is 59.8 cm³/mol. The summed E-state index contributed by atoms with van der Waals surface area (Å²) in [7, 11) is 0. The molecule has 3 rings (SSSR count). The first kappa shape index (κ1) is 10.0. The molecule has 0 aliphatic heterocycles. The van der Waals surface area contributed by atoms with E-state index in [0.717, 1.165) is 24.4 Å². The van der Waals surface area contributed by atoms with Crippen molar-refractivity contribution >= 4 is 22.6 Å². The summed E-state index contributed by atoms with van der Waals surface area (Å²) in [5, 5.41) is 8.10. The largest absolute Gasteiger partial charge is 0.245 e. The first-order valence-electron chi connectivity index (χ1n) is 5.42. The SMILES string of the molecule is Fc1cc2c(cc1Cl)nnn2CCC1CC1. The second-order valence-electron chi connectivity index (χ2n) is 4.30. The molecule has 0 amide bonds. The van der Waals surface area contributed by atoms with Crippen molar-refractivity contribution in [1.29, 1.82) is 0 Å². The zero-order valence-corrected chi connectivity index (χ0v) is 9.41. The molecule has 1 heterocycles. The van der Waals surface area contributed by atoms with E-state index in [2.05, 4.69) is 10.3 Å². The van der Waals surface area contributed by atoms with Crippen molar-refractivity contribution < 1.29 is 4.39 Å². The lowest BCUT2D eigenvalue weighted by atomic mass is 10.2. The van der Waals surface area contributed by atoms with Crippen LogP contribution in [-0.4, -0.2) is 15.0 Å². The van der Waals surface area contributed by atoms with E-state index < -0.39 is 5.82 Å². The van der Waals surface area contributed by atoms with E-state index in [1.54, 1.807) is 4.68 Å². The minimum atomic E-state index is -0.413. The maximum Gasteiger partial charge on any atom is 0.144 e. The van der Waals surface area contributed by atoms with E-state index in [1.165, 1.54) is 25.0 Å². The molecule has 0 saturated heterocycles. The van der Waals surface area contributed by atoms with Crippen molar-refractivity contribution in [2.24, 2.45) is 5.92 Å². The fourth-order valence-electron chi connectivity index (χ4n) is 1.84. The lowest BCUT2D eigenvalue weighted by Gasteiger charge is -2.01. The van der Waals surface area contributed by atoms with Gasteiger partial charge in [0.25, 0.3) is 0 Å². The molecule has 16 heavy (non-hydrogen) atoms. The zero-order chi connectivity index (χ0) is 11.1. The zero-order valence-electron chi connectivity index (χ0n) is 8.66. The van der Waals surface area contributed by atoms with Gasteiger partial charge in [-0.1, -0.05) is 29.7 Å². The van der Waals surface area contributed by atoms with Gasteiger partial charge in [0.2, 0.25) is 0 Å². The van der Waals surface area contributed by atoms with Crippen molar-refractivity contribution in [3.05, 3.63) is 23.0 Å². The fraction of sp³-hybridized carbons (Fsp3) is 0.455. The van der Waals surface area contributed by atoms with Crippen LogP contribution in [0.1, 0.15) is 19.3 Å². The quantitative estimate of drug-likeness (QED) is 0.824. The monoisotopic (exact) mass is 239 g/mol. The van der Waals surface area contributed by atoms with Gasteiger partial charge in [0.1, 0.15) is 11.3 Å². The van der Waals surface area contributed by atoms with Gasteiger partial charge in [-0.05, 0) is 18.4 Å². The molecule has 3 nitrogen and oxygen atoms in total. The number of nitrogens with zero attached hydrogens (tertiary/aromatic N) is 3. The highest BCUT2D eigenvalue weighted by atomic mass is 35.5. The van der Waals surface area contributed by atoms with Gasteiger partial charge in [-0.2, -0.15) is 0 Å². The van der Waals surface area contributed by atoms with Crippen LogP contribution in [0.3, 0.4) is 0 Å². The topological polar surface area (TPSA) is 30.7 Å². The van der Waals surface area contributed by atoms with E-state index in [1.807, 2.05) is 0 Å². The van der Waals surface area contributed by atoms with Crippen molar-refractivity contribution in [3.63, 3.8) is 0 Å². The molecule has 1 aliphatic carbocycles. The average Bonchev–Trinajstić information content (AvgIpc) is 3.01. The summed E-state index contributed by atoms with van der Waals surface area (Å²) in [5.41, 5.74) is 1.38. The Bertz CT molecular complexity index is 533. The first-order chi connectivity index (χ1) is 7.74. The number of benzene rings is 1. The molecule has 0 unspecified atom stereocenters. The van der Waals surface area contributed by atoms with Crippen LogP contribution in [0, 0.1) is 11.7 Å². The van der Waals surface area contributed by atoms with Gasteiger partial charge in [0.05, 0.1) is 10.5 Å². The minimum absolute atomic E-state index is 0.0988. The molecule has 5 heteroatoms. The van der Waals surface area contributed by atoms with Crippen LogP contribution in [-0.2, 0) is 6.54 Å². The minimum Gasteiger partial charge on any atom is -0.245 e. The van der Waals surface area contributed by atoms with Gasteiger partial charge in [-0.25, -0.2) is 9.07 Å². The smallest absolute Gasteiger partial charge is 0.144 e. The highest BCUT2D eigenvalue weighted by Gasteiger charge is 2.21. The summed E-state index contributed by atoms with van der Waals surface area (Å²) >= 11 is 5.68. The predicted octanol–water partition coefficient (Wildman–Crippen LogP) is 3.02. The number of aromatic nitrogens is 3. The van der Waals surface area contributed by atoms with Crippen LogP contribution < -0.4 is 0 Å². The first-order valence-corrected chi connectivity index (χ1v) is 5.80. The third-order valence-electron chi connectivity index (χ3n) is 3.00. The Kier molecular flexibility index (Phi) is 2.32. The maximum atomic E-state index is 13.3. The number of halogens is 2. The Balaban J connectivity index is 1.94. The van der Waals surface area contributed by atoms with E-state index in [4.69, 9.17) is 11.6 Å². The summed E-state index contributed by atoms with van der Waals surface area (Å²) in [6.45, 7) is 0.808. The third-order valence-corrected chi connectivity index (χ3v) is 3.29. The van der Waals surface area contributed by atoms with E-state index in [9.17, 15) is 4.39 Å². The number of aryl methyl sites for hydroxylation is 1. The van der Waals surface area contributed by atoms with Gasteiger partial charge >= 0.3 is 0 Å². The number of rotatable bonds is 3. The Labute approximate surface area is 97.2 Å². The molecule has 2 aromatic rings. The molecule has 0 radical (unpaired) electrons. The van der Waals surface area contributed by atoms with Crippen molar-refractivity contribution in [1.82, 2.24) is 15.0 Å². The molecule has 1 fully saturated rings. The lowest BCUT2D eigenvalue weighted by Crippen LogP contribution is -2.01. The molecule has 84 valence electrons. The average molecular weight is 240 g/mol. The van der Waals surface area contributed by atoms with Gasteiger partial charge in [0, 0.05) is 12.6 Å². The van der Waals surface area contributed by atoms with Crippen LogP contribution in [0.2, 0.25) is 5.02 Å². The molecule has 0 bridgehead atoms. The van der Waals surface area contributed by atoms with Crippen LogP contribution in [0.5, 0.6) is 0 Å². The van der Waals surface area contributed by atoms with Crippen LogP contribution in [0.4, 0.5) is 4.39 Å². The summed E-state index contributed by atoms with van der Waals surface area (Å²) < 4.78 is 15.1. The van der Waals surface area contributed by atoms with E-state index in [-0.39, 0.29) is 5.02 Å². The standard InChI is InChI=1S/C11H11ClFN3/c12-8-5-10-11(6-9(8)13)16(15-14-10)4-3-7-1-2-7/h5-7H,1-4H2. The van der Waals surface area contributed by atoms with Crippen LogP contribution in [0.25, 0.3) is 11.0 Å². The molecule has 1 saturated carbocycles. The normalized spacial score (nSPS) is 15.9. The summed E-state index contributed by atoms with van der Waals surface area (Å²) in [6, 6.07) is 2.93. The lowest BCUT2D eigenvalue weighted by molar-refractivity contribution is 0.543. The van der Waals surface area contributed by atoms with Crippen molar-refractivity contribution in [2.45, 2.75) is 25.8 Å². The number of hydrogen-bond donors (Lipinski definition) is 0. The van der Waals surface area contributed by atoms with Gasteiger partial charge in [-0.15, -0.1) is 5.10 Å². The molecule has 1 aliphatic rings. The van der Waals surface area contributed by atoms with Gasteiger partial charge < -0.3 is 0 Å². The third kappa shape index (κ3) is 1.78. The van der Waals surface area contributed by atoms with Crippen molar-refractivity contribution in [2.75, 3.05) is 0 Å².